The molecule has 0 saturated carbocycles. The molecule has 0 N–H and O–H groups in total. The molecular weight excluding hydrogens is 354 g/mol. The predicted octanol–water partition coefficient (Wildman–Crippen LogP) is 4.31. The number of rotatable bonds is 8. The summed E-state index contributed by atoms with van der Waals surface area (Å²) in [6.07, 6.45) is 1.38. The number of carbonyl (C=O) groups excluding carboxylic acids is 1. The van der Waals surface area contributed by atoms with E-state index in [9.17, 15) is 4.79 Å². The van der Waals surface area contributed by atoms with Crippen LogP contribution in [0.3, 0.4) is 0 Å². The monoisotopic (exact) mass is 373 g/mol. The fourth-order valence-corrected chi connectivity index (χ4v) is 4.01. The third-order valence-corrected chi connectivity index (χ3v) is 5.78. The Hall–Kier alpha value is -2.12. The van der Waals surface area contributed by atoms with Gasteiger partial charge in [0.05, 0.1) is 17.6 Å². The van der Waals surface area contributed by atoms with E-state index in [4.69, 9.17) is 4.74 Å². The normalized spacial score (nSPS) is 10.8. The smallest absolute Gasteiger partial charge is 0.191 e. The van der Waals surface area contributed by atoms with E-state index < -0.39 is 0 Å². The number of Topliss-reactive ketones (excluding diaryl/α,β-unsaturated/α-hetero) is 1. The summed E-state index contributed by atoms with van der Waals surface area (Å²) in [5.41, 5.74) is 0.916. The molecule has 2 heterocycles. The summed E-state index contributed by atoms with van der Waals surface area (Å²) in [7, 11) is 3.59. The summed E-state index contributed by atoms with van der Waals surface area (Å²) >= 11 is 3.11. The van der Waals surface area contributed by atoms with Crippen molar-refractivity contribution in [3.05, 3.63) is 46.7 Å². The second-order valence-corrected chi connectivity index (χ2v) is 7.43. The highest BCUT2D eigenvalue weighted by atomic mass is 32.2. The maximum absolute atomic E-state index is 12.0. The van der Waals surface area contributed by atoms with Crippen molar-refractivity contribution >= 4 is 28.9 Å². The second-order valence-electron chi connectivity index (χ2n) is 5.42. The van der Waals surface area contributed by atoms with Crippen molar-refractivity contribution in [1.82, 2.24) is 14.8 Å². The Morgan fingerprint density at radius 2 is 2.08 bits per heavy atom. The number of thiophene rings is 1. The first kappa shape index (κ1) is 17.7. The maximum atomic E-state index is 12.0. The molecule has 0 aliphatic rings. The standard InChI is InChI=1S/C18H19N3O2S2/c1-21-17(13-7-3-4-9-15(13)23-2)19-20-18(21)25-12-5-8-14(22)16-10-6-11-24-16/h3-4,6-7,9-11H,5,8,12H2,1-2H3. The van der Waals surface area contributed by atoms with Gasteiger partial charge in [0, 0.05) is 19.2 Å². The van der Waals surface area contributed by atoms with Crippen molar-refractivity contribution in [2.24, 2.45) is 7.05 Å². The molecule has 130 valence electrons. The molecule has 0 fully saturated rings. The van der Waals surface area contributed by atoms with Gasteiger partial charge in [-0.25, -0.2) is 0 Å². The van der Waals surface area contributed by atoms with Gasteiger partial charge >= 0.3 is 0 Å². The fraction of sp³-hybridized carbons (Fsp3) is 0.278. The molecule has 0 unspecified atom stereocenters. The van der Waals surface area contributed by atoms with Crippen molar-refractivity contribution in [3.8, 4) is 17.1 Å². The van der Waals surface area contributed by atoms with E-state index in [-0.39, 0.29) is 5.78 Å². The van der Waals surface area contributed by atoms with Crippen LogP contribution in [0.25, 0.3) is 11.4 Å². The van der Waals surface area contributed by atoms with Gasteiger partial charge in [-0.15, -0.1) is 21.5 Å². The summed E-state index contributed by atoms with van der Waals surface area (Å²) in [6.45, 7) is 0. The Kier molecular flexibility index (Phi) is 5.88. The molecule has 2 aromatic heterocycles. The van der Waals surface area contributed by atoms with Crippen LogP contribution in [-0.2, 0) is 7.05 Å². The van der Waals surface area contributed by atoms with Crippen molar-refractivity contribution in [2.75, 3.05) is 12.9 Å². The molecule has 1 aromatic carbocycles. The minimum absolute atomic E-state index is 0.211. The molecular formula is C18H19N3O2S2. The van der Waals surface area contributed by atoms with E-state index in [1.165, 1.54) is 11.3 Å². The summed E-state index contributed by atoms with van der Waals surface area (Å²) < 4.78 is 7.36. The molecule has 25 heavy (non-hydrogen) atoms. The molecule has 0 atom stereocenters. The quantitative estimate of drug-likeness (QED) is 0.335. The summed E-state index contributed by atoms with van der Waals surface area (Å²) in [4.78, 5) is 12.8. The maximum Gasteiger partial charge on any atom is 0.191 e. The van der Waals surface area contributed by atoms with Crippen LogP contribution in [0.5, 0.6) is 5.75 Å². The average Bonchev–Trinajstić information content (AvgIpc) is 3.29. The molecule has 0 bridgehead atoms. The number of thioether (sulfide) groups is 1. The number of hydrogen-bond donors (Lipinski definition) is 0. The van der Waals surface area contributed by atoms with Gasteiger partial charge in [0.2, 0.25) is 0 Å². The number of nitrogens with zero attached hydrogens (tertiary/aromatic N) is 3. The van der Waals surface area contributed by atoms with Gasteiger partial charge in [-0.1, -0.05) is 30.0 Å². The number of hydrogen-bond acceptors (Lipinski definition) is 6. The van der Waals surface area contributed by atoms with Crippen LogP contribution in [0.2, 0.25) is 0 Å². The van der Waals surface area contributed by atoms with Crippen LogP contribution in [-0.4, -0.2) is 33.4 Å². The molecule has 3 aromatic rings. The van der Waals surface area contributed by atoms with Gasteiger partial charge in [-0.05, 0) is 30.0 Å². The first-order chi connectivity index (χ1) is 12.2. The van der Waals surface area contributed by atoms with Crippen LogP contribution in [0.15, 0.2) is 46.9 Å². The molecule has 5 nitrogen and oxygen atoms in total. The highest BCUT2D eigenvalue weighted by molar-refractivity contribution is 7.99. The molecule has 0 amide bonds. The number of methoxy groups -OCH3 is 1. The van der Waals surface area contributed by atoms with Crippen LogP contribution in [0.4, 0.5) is 0 Å². The van der Waals surface area contributed by atoms with E-state index in [0.29, 0.717) is 6.42 Å². The molecule has 0 aliphatic carbocycles. The van der Waals surface area contributed by atoms with Gasteiger partial charge in [-0.2, -0.15) is 0 Å². The van der Waals surface area contributed by atoms with Gasteiger partial charge in [0.1, 0.15) is 5.75 Å². The Morgan fingerprint density at radius 1 is 1.24 bits per heavy atom. The van der Waals surface area contributed by atoms with E-state index in [1.54, 1.807) is 18.9 Å². The summed E-state index contributed by atoms with van der Waals surface area (Å²) in [6, 6.07) is 11.5. The number of carbonyl (C=O) groups is 1. The van der Waals surface area contributed by atoms with Gasteiger partial charge in [0.25, 0.3) is 0 Å². The molecule has 0 saturated heterocycles. The van der Waals surface area contributed by atoms with E-state index in [1.807, 2.05) is 53.4 Å². The highest BCUT2D eigenvalue weighted by Crippen LogP contribution is 2.30. The third kappa shape index (κ3) is 4.11. The van der Waals surface area contributed by atoms with Crippen LogP contribution < -0.4 is 4.74 Å². The molecule has 0 aliphatic heterocycles. The number of para-hydroxylation sites is 1. The Bertz CT molecular complexity index is 844. The molecule has 7 heteroatoms. The predicted molar refractivity (Wildman–Crippen MR) is 102 cm³/mol. The lowest BCUT2D eigenvalue weighted by atomic mass is 10.2. The molecule has 3 rings (SSSR count). The Labute approximate surface area is 155 Å². The zero-order chi connectivity index (χ0) is 17.6. The van der Waals surface area contributed by atoms with Crippen molar-refractivity contribution in [2.45, 2.75) is 18.0 Å². The van der Waals surface area contributed by atoms with Gasteiger partial charge in [0.15, 0.2) is 16.8 Å². The lowest BCUT2D eigenvalue weighted by molar-refractivity contribution is 0.0986. The summed E-state index contributed by atoms with van der Waals surface area (Å²) in [5, 5.41) is 11.3. The van der Waals surface area contributed by atoms with Crippen molar-refractivity contribution in [1.29, 1.82) is 0 Å². The summed E-state index contributed by atoms with van der Waals surface area (Å²) in [5.74, 6) is 2.59. The van der Waals surface area contributed by atoms with Gasteiger partial charge < -0.3 is 9.30 Å². The van der Waals surface area contributed by atoms with Crippen LogP contribution in [0.1, 0.15) is 22.5 Å². The van der Waals surface area contributed by atoms with Gasteiger partial charge in [-0.3, -0.25) is 4.79 Å². The number of ether oxygens (including phenoxy) is 1. The Balaban J connectivity index is 1.59. The van der Waals surface area contributed by atoms with Crippen molar-refractivity contribution in [3.63, 3.8) is 0 Å². The molecule has 0 spiro atoms. The first-order valence-electron chi connectivity index (χ1n) is 7.93. The van der Waals surface area contributed by atoms with E-state index >= 15 is 0 Å². The van der Waals surface area contributed by atoms with Crippen LogP contribution >= 0.6 is 23.1 Å². The second kappa shape index (κ2) is 8.31. The lowest BCUT2D eigenvalue weighted by Crippen LogP contribution is -1.99. The number of aromatic nitrogens is 3. The van der Waals surface area contributed by atoms with E-state index in [0.717, 1.165) is 39.3 Å². The SMILES string of the molecule is COc1ccccc1-c1nnc(SCCCC(=O)c2cccs2)n1C. The number of benzene rings is 1. The van der Waals surface area contributed by atoms with Crippen LogP contribution in [0, 0.1) is 0 Å². The topological polar surface area (TPSA) is 57.0 Å². The zero-order valence-corrected chi connectivity index (χ0v) is 15.8. The highest BCUT2D eigenvalue weighted by Gasteiger charge is 2.15. The minimum atomic E-state index is 0.211. The van der Waals surface area contributed by atoms with Crippen molar-refractivity contribution < 1.29 is 9.53 Å². The zero-order valence-electron chi connectivity index (χ0n) is 14.1. The minimum Gasteiger partial charge on any atom is -0.496 e. The van der Waals surface area contributed by atoms with E-state index in [2.05, 4.69) is 10.2 Å². The average molecular weight is 374 g/mol. The third-order valence-electron chi connectivity index (χ3n) is 3.76. The number of ketones is 1. The largest absolute Gasteiger partial charge is 0.496 e. The lowest BCUT2D eigenvalue weighted by Gasteiger charge is -2.08. The molecule has 0 radical (unpaired) electrons. The Morgan fingerprint density at radius 3 is 2.84 bits per heavy atom. The first-order valence-corrected chi connectivity index (χ1v) is 9.79. The fourth-order valence-electron chi connectivity index (χ4n) is 2.46.